The number of halogens is 1. The number of nitrogens with one attached hydrogen (secondary N) is 2. The van der Waals surface area contributed by atoms with Gasteiger partial charge in [0.05, 0.1) is 17.2 Å². The summed E-state index contributed by atoms with van der Waals surface area (Å²) in [6.45, 7) is 8.42. The molecule has 1 aromatic heterocycles. The van der Waals surface area contributed by atoms with Crippen LogP contribution in [0.2, 0.25) is 0 Å². The highest BCUT2D eigenvalue weighted by molar-refractivity contribution is 14.0. The predicted molar refractivity (Wildman–Crippen MR) is 133 cm³/mol. The fourth-order valence-electron chi connectivity index (χ4n) is 4.14. The van der Waals surface area contributed by atoms with Crippen molar-refractivity contribution in [1.29, 1.82) is 0 Å². The number of hydrogen-bond donors (Lipinski definition) is 3. The average molecular weight is 550 g/mol. The van der Waals surface area contributed by atoms with Gasteiger partial charge in [-0.3, -0.25) is 19.6 Å². The Hall–Kier alpha value is -0.980. The minimum absolute atomic E-state index is 0. The van der Waals surface area contributed by atoms with Crippen LogP contribution in [0.1, 0.15) is 36.4 Å². The molecule has 3 heterocycles. The number of rotatable bonds is 7. The maximum atomic E-state index is 11.1. The lowest BCUT2D eigenvalue weighted by Gasteiger charge is -2.33. The van der Waals surface area contributed by atoms with Crippen LogP contribution in [0.15, 0.2) is 10.4 Å². The number of thiazole rings is 1. The van der Waals surface area contributed by atoms with E-state index >= 15 is 0 Å². The zero-order valence-corrected chi connectivity index (χ0v) is 21.2. The van der Waals surface area contributed by atoms with Crippen molar-refractivity contribution in [3.05, 3.63) is 16.1 Å². The maximum absolute atomic E-state index is 11.1. The molecule has 0 aliphatic carbocycles. The molecular weight excluding hydrogens is 513 g/mol. The molecule has 0 bridgehead atoms. The first-order valence-electron chi connectivity index (χ1n) is 10.6. The summed E-state index contributed by atoms with van der Waals surface area (Å²) in [5.41, 5.74) is 6.49. The van der Waals surface area contributed by atoms with E-state index in [1.54, 1.807) is 11.3 Å². The standard InChI is InChI=1S/C20H35N7OS.HI/c1-15-24-18(14-29-15)12-26-7-3-16(4-8-26)11-23-20(22-2)25-17-5-9-27(10-6-17)13-19(21)28;/h14,16-17H,3-13H2,1-2H3,(H2,21,28)(H2,22,23,25);1H. The summed E-state index contributed by atoms with van der Waals surface area (Å²) in [6, 6.07) is 0.397. The molecule has 2 aliphatic rings. The molecule has 1 aromatic rings. The quantitative estimate of drug-likeness (QED) is 0.270. The number of aromatic nitrogens is 1. The van der Waals surface area contributed by atoms with E-state index in [-0.39, 0.29) is 29.9 Å². The Morgan fingerprint density at radius 2 is 1.90 bits per heavy atom. The van der Waals surface area contributed by atoms with Crippen LogP contribution in [0.4, 0.5) is 0 Å². The molecule has 170 valence electrons. The van der Waals surface area contributed by atoms with Crippen LogP contribution in [0.5, 0.6) is 0 Å². The highest BCUT2D eigenvalue weighted by Crippen LogP contribution is 2.19. The van der Waals surface area contributed by atoms with E-state index in [2.05, 4.69) is 42.7 Å². The predicted octanol–water partition coefficient (Wildman–Crippen LogP) is 1.40. The SMILES string of the molecule is CN=C(NCC1CCN(Cc2csc(C)n2)CC1)NC1CCN(CC(N)=O)CC1.I. The van der Waals surface area contributed by atoms with E-state index in [4.69, 9.17) is 5.73 Å². The molecule has 0 spiro atoms. The first-order valence-corrected chi connectivity index (χ1v) is 11.5. The van der Waals surface area contributed by atoms with Crippen molar-refractivity contribution in [1.82, 2.24) is 25.4 Å². The number of amides is 1. The number of carbonyl (C=O) groups is 1. The summed E-state index contributed by atoms with van der Waals surface area (Å²) in [4.78, 5) is 24.7. The number of nitrogens with two attached hydrogens (primary N) is 1. The zero-order valence-electron chi connectivity index (χ0n) is 18.1. The van der Waals surface area contributed by atoms with Crippen LogP contribution in [-0.4, -0.2) is 79.0 Å². The number of guanidine groups is 1. The molecule has 4 N–H and O–H groups in total. The molecule has 2 fully saturated rings. The van der Waals surface area contributed by atoms with Crippen molar-refractivity contribution < 1.29 is 4.79 Å². The number of likely N-dealkylation sites (tertiary alicyclic amines) is 2. The summed E-state index contributed by atoms with van der Waals surface area (Å²) in [7, 11) is 1.83. The molecule has 0 saturated carbocycles. The van der Waals surface area contributed by atoms with Gasteiger partial charge in [-0.15, -0.1) is 35.3 Å². The Balaban J connectivity index is 0.00000320. The van der Waals surface area contributed by atoms with Gasteiger partial charge in [0, 0.05) is 44.6 Å². The van der Waals surface area contributed by atoms with Crippen LogP contribution >= 0.6 is 35.3 Å². The molecule has 0 unspecified atom stereocenters. The molecular formula is C20H36IN7OS. The highest BCUT2D eigenvalue weighted by atomic mass is 127. The topological polar surface area (TPSA) is 98.9 Å². The molecule has 30 heavy (non-hydrogen) atoms. The second kappa shape index (κ2) is 12.8. The molecule has 0 aromatic carbocycles. The molecule has 1 amide bonds. The monoisotopic (exact) mass is 549 g/mol. The maximum Gasteiger partial charge on any atom is 0.231 e. The Kier molecular flexibility index (Phi) is 10.8. The summed E-state index contributed by atoms with van der Waals surface area (Å²) >= 11 is 1.73. The van der Waals surface area contributed by atoms with Gasteiger partial charge in [0.25, 0.3) is 0 Å². The van der Waals surface area contributed by atoms with Gasteiger partial charge in [-0.2, -0.15) is 0 Å². The van der Waals surface area contributed by atoms with E-state index < -0.39 is 0 Å². The van der Waals surface area contributed by atoms with Gasteiger partial charge >= 0.3 is 0 Å². The average Bonchev–Trinajstić information content (AvgIpc) is 3.12. The van der Waals surface area contributed by atoms with Crippen LogP contribution in [-0.2, 0) is 11.3 Å². The van der Waals surface area contributed by atoms with Crippen molar-refractivity contribution in [3.63, 3.8) is 0 Å². The summed E-state index contributed by atoms with van der Waals surface area (Å²) in [6.07, 6.45) is 4.42. The second-order valence-corrected chi connectivity index (χ2v) is 9.25. The van der Waals surface area contributed by atoms with E-state index in [0.29, 0.717) is 18.5 Å². The third-order valence-corrected chi connectivity index (χ3v) is 6.67. The lowest BCUT2D eigenvalue weighted by atomic mass is 9.97. The number of aliphatic imine (C=N–C) groups is 1. The van der Waals surface area contributed by atoms with E-state index in [9.17, 15) is 4.79 Å². The normalized spacial score (nSPS) is 20.0. The number of aryl methyl sites for hydroxylation is 1. The third kappa shape index (κ3) is 8.27. The number of carbonyl (C=O) groups excluding carboxylic acids is 1. The van der Waals surface area contributed by atoms with Gasteiger partial charge in [0.15, 0.2) is 5.96 Å². The second-order valence-electron chi connectivity index (χ2n) is 8.19. The van der Waals surface area contributed by atoms with Crippen molar-refractivity contribution in [3.8, 4) is 0 Å². The van der Waals surface area contributed by atoms with Gasteiger partial charge in [-0.25, -0.2) is 4.98 Å². The molecule has 3 rings (SSSR count). The summed E-state index contributed by atoms with van der Waals surface area (Å²) in [5.74, 6) is 1.32. The first kappa shape index (κ1) is 25.3. The smallest absolute Gasteiger partial charge is 0.231 e. The van der Waals surface area contributed by atoms with E-state index in [0.717, 1.165) is 63.1 Å². The van der Waals surface area contributed by atoms with Crippen molar-refractivity contribution in [2.75, 3.05) is 46.3 Å². The number of piperidine rings is 2. The fraction of sp³-hybridized carbons (Fsp3) is 0.750. The van der Waals surface area contributed by atoms with Gasteiger partial charge in [-0.05, 0) is 51.6 Å². The molecule has 0 radical (unpaired) electrons. The summed E-state index contributed by atoms with van der Waals surface area (Å²) < 4.78 is 0. The summed E-state index contributed by atoms with van der Waals surface area (Å²) in [5, 5.41) is 10.4. The van der Waals surface area contributed by atoms with Crippen LogP contribution < -0.4 is 16.4 Å². The third-order valence-electron chi connectivity index (χ3n) is 5.85. The van der Waals surface area contributed by atoms with Crippen LogP contribution in [0, 0.1) is 12.8 Å². The number of nitrogens with zero attached hydrogens (tertiary/aromatic N) is 4. The van der Waals surface area contributed by atoms with E-state index in [1.165, 1.54) is 18.5 Å². The molecule has 8 nitrogen and oxygen atoms in total. The first-order chi connectivity index (χ1) is 14.0. The Morgan fingerprint density at radius 1 is 1.23 bits per heavy atom. The van der Waals surface area contributed by atoms with Gasteiger partial charge in [0.2, 0.25) is 5.91 Å². The largest absolute Gasteiger partial charge is 0.369 e. The lowest BCUT2D eigenvalue weighted by molar-refractivity contribution is -0.119. The Labute approximate surface area is 201 Å². The molecule has 10 heteroatoms. The fourth-order valence-corrected chi connectivity index (χ4v) is 4.75. The molecule has 0 atom stereocenters. The van der Waals surface area contributed by atoms with Gasteiger partial charge in [0.1, 0.15) is 0 Å². The highest BCUT2D eigenvalue weighted by Gasteiger charge is 2.22. The number of hydrogen-bond acceptors (Lipinski definition) is 6. The van der Waals surface area contributed by atoms with Gasteiger partial charge < -0.3 is 16.4 Å². The van der Waals surface area contributed by atoms with Crippen molar-refractivity contribution in [2.45, 2.75) is 45.2 Å². The van der Waals surface area contributed by atoms with Crippen LogP contribution in [0.3, 0.4) is 0 Å². The number of primary amides is 1. The molecule has 2 saturated heterocycles. The van der Waals surface area contributed by atoms with Crippen molar-refractivity contribution >= 4 is 47.2 Å². The van der Waals surface area contributed by atoms with Crippen molar-refractivity contribution in [2.24, 2.45) is 16.6 Å². The van der Waals surface area contributed by atoms with E-state index in [1.807, 2.05) is 7.05 Å². The lowest BCUT2D eigenvalue weighted by Crippen LogP contribution is -2.50. The Bertz CT molecular complexity index is 682. The minimum atomic E-state index is -0.248. The van der Waals surface area contributed by atoms with Crippen LogP contribution in [0.25, 0.3) is 0 Å². The minimum Gasteiger partial charge on any atom is -0.369 e. The Morgan fingerprint density at radius 3 is 2.47 bits per heavy atom. The van der Waals surface area contributed by atoms with Gasteiger partial charge in [-0.1, -0.05) is 0 Å². The molecule has 2 aliphatic heterocycles. The zero-order chi connectivity index (χ0) is 20.6.